The lowest BCUT2D eigenvalue weighted by Crippen LogP contribution is -2.10. The lowest BCUT2D eigenvalue weighted by Gasteiger charge is -2.07. The number of aromatic nitrogens is 2. The van der Waals surface area contributed by atoms with E-state index < -0.39 is 0 Å². The van der Waals surface area contributed by atoms with Crippen LogP contribution in [0.1, 0.15) is 17.2 Å². The molecule has 0 spiro atoms. The lowest BCUT2D eigenvalue weighted by atomic mass is 10.1. The number of thiophene rings is 1. The van der Waals surface area contributed by atoms with Gasteiger partial charge in [0.25, 0.3) is 0 Å². The molecule has 0 saturated carbocycles. The van der Waals surface area contributed by atoms with Crippen molar-refractivity contribution >= 4 is 27.3 Å². The molecule has 0 saturated heterocycles. The molecule has 0 aliphatic rings. The van der Waals surface area contributed by atoms with Crippen LogP contribution in [-0.2, 0) is 0 Å². The van der Waals surface area contributed by atoms with Crippen LogP contribution in [0.2, 0.25) is 0 Å². The van der Waals surface area contributed by atoms with Crippen LogP contribution >= 0.6 is 27.3 Å². The number of rotatable bonds is 2. The van der Waals surface area contributed by atoms with E-state index >= 15 is 0 Å². The predicted octanol–water partition coefficient (Wildman–Crippen LogP) is 2.28. The third-order valence-electron chi connectivity index (χ3n) is 1.86. The van der Waals surface area contributed by atoms with E-state index in [0.717, 1.165) is 15.6 Å². The van der Waals surface area contributed by atoms with Gasteiger partial charge in [0.05, 0.1) is 12.2 Å². The number of nitrogens with two attached hydrogens (primary N) is 1. The molecule has 0 aromatic carbocycles. The molecule has 2 aromatic rings. The van der Waals surface area contributed by atoms with E-state index in [-0.39, 0.29) is 6.04 Å². The molecular formula is C8H8BrN3S. The summed E-state index contributed by atoms with van der Waals surface area (Å²) in [7, 11) is 0. The van der Waals surface area contributed by atoms with E-state index in [1.54, 1.807) is 17.5 Å². The van der Waals surface area contributed by atoms with Crippen molar-refractivity contribution in [3.05, 3.63) is 38.8 Å². The summed E-state index contributed by atoms with van der Waals surface area (Å²) in [4.78, 5) is 0. The molecule has 0 radical (unpaired) electrons. The normalized spacial score (nSPS) is 13.1. The minimum absolute atomic E-state index is 0.0978. The standard InChI is InChI=1S/C8H8BrN3S/c9-7-4-13-3-6(7)8(10)5-1-11-12-2-5/h1-4,8H,10H2,(H,11,12). The van der Waals surface area contributed by atoms with Crippen molar-refractivity contribution in [1.82, 2.24) is 10.2 Å². The molecule has 0 aliphatic heterocycles. The summed E-state index contributed by atoms with van der Waals surface area (Å²) >= 11 is 5.09. The van der Waals surface area contributed by atoms with E-state index in [0.29, 0.717) is 0 Å². The van der Waals surface area contributed by atoms with Gasteiger partial charge in [0.1, 0.15) is 0 Å². The highest BCUT2D eigenvalue weighted by molar-refractivity contribution is 9.10. The number of hydrogen-bond acceptors (Lipinski definition) is 3. The van der Waals surface area contributed by atoms with Gasteiger partial charge in [-0.2, -0.15) is 16.4 Å². The molecule has 3 N–H and O–H groups in total. The van der Waals surface area contributed by atoms with Crippen LogP contribution in [0.15, 0.2) is 27.6 Å². The quantitative estimate of drug-likeness (QED) is 0.868. The first-order valence-electron chi connectivity index (χ1n) is 3.75. The molecule has 0 bridgehead atoms. The van der Waals surface area contributed by atoms with Crippen molar-refractivity contribution in [3.63, 3.8) is 0 Å². The SMILES string of the molecule is NC(c1cn[nH]c1)c1cscc1Br. The maximum absolute atomic E-state index is 6.02. The maximum atomic E-state index is 6.02. The largest absolute Gasteiger partial charge is 0.320 e. The van der Waals surface area contributed by atoms with Crippen molar-refractivity contribution in [2.75, 3.05) is 0 Å². The Kier molecular flexibility index (Phi) is 2.48. The van der Waals surface area contributed by atoms with Crippen molar-refractivity contribution in [2.24, 2.45) is 5.73 Å². The molecule has 2 aromatic heterocycles. The molecule has 68 valence electrons. The van der Waals surface area contributed by atoms with Gasteiger partial charge < -0.3 is 5.73 Å². The molecule has 0 fully saturated rings. The van der Waals surface area contributed by atoms with Crippen LogP contribution in [0.5, 0.6) is 0 Å². The highest BCUT2D eigenvalue weighted by Crippen LogP contribution is 2.29. The topological polar surface area (TPSA) is 54.7 Å². The average Bonchev–Trinajstić information content (AvgIpc) is 2.72. The summed E-state index contributed by atoms with van der Waals surface area (Å²) in [5.74, 6) is 0. The highest BCUT2D eigenvalue weighted by Gasteiger charge is 2.13. The summed E-state index contributed by atoms with van der Waals surface area (Å²) in [5.41, 5.74) is 8.12. The third kappa shape index (κ3) is 1.67. The third-order valence-corrected chi connectivity index (χ3v) is 3.61. The molecule has 1 atom stereocenters. The zero-order valence-corrected chi connectivity index (χ0v) is 9.10. The minimum atomic E-state index is -0.0978. The predicted molar refractivity (Wildman–Crippen MR) is 56.6 cm³/mol. The number of hydrogen-bond donors (Lipinski definition) is 2. The summed E-state index contributed by atoms with van der Waals surface area (Å²) in [6.07, 6.45) is 3.56. The fourth-order valence-corrected chi connectivity index (χ4v) is 2.70. The molecule has 0 amide bonds. The number of halogens is 1. The molecule has 3 nitrogen and oxygen atoms in total. The van der Waals surface area contributed by atoms with Gasteiger partial charge in [0, 0.05) is 21.6 Å². The van der Waals surface area contributed by atoms with Crippen molar-refractivity contribution in [3.8, 4) is 0 Å². The van der Waals surface area contributed by atoms with Crippen LogP contribution in [0.4, 0.5) is 0 Å². The van der Waals surface area contributed by atoms with E-state index in [1.165, 1.54) is 0 Å². The number of aromatic amines is 1. The number of nitrogens with one attached hydrogen (secondary N) is 1. The molecule has 2 heterocycles. The second-order valence-corrected chi connectivity index (χ2v) is 4.28. The average molecular weight is 258 g/mol. The fraction of sp³-hybridized carbons (Fsp3) is 0.125. The zero-order valence-electron chi connectivity index (χ0n) is 6.70. The summed E-state index contributed by atoms with van der Waals surface area (Å²) in [6.45, 7) is 0. The minimum Gasteiger partial charge on any atom is -0.320 e. The van der Waals surface area contributed by atoms with Gasteiger partial charge >= 0.3 is 0 Å². The Labute approximate surface area is 88.1 Å². The smallest absolute Gasteiger partial charge is 0.0602 e. The first-order chi connectivity index (χ1) is 6.29. The Bertz CT molecular complexity index is 382. The molecule has 1 unspecified atom stereocenters. The lowest BCUT2D eigenvalue weighted by molar-refractivity contribution is 0.873. The molecule has 2 rings (SSSR count). The number of H-pyrrole nitrogens is 1. The van der Waals surface area contributed by atoms with E-state index in [2.05, 4.69) is 26.1 Å². The monoisotopic (exact) mass is 257 g/mol. The molecule has 5 heteroatoms. The van der Waals surface area contributed by atoms with Gasteiger partial charge in [-0.15, -0.1) is 0 Å². The number of nitrogens with zero attached hydrogens (tertiary/aromatic N) is 1. The van der Waals surface area contributed by atoms with Gasteiger partial charge in [-0.3, -0.25) is 5.10 Å². The first kappa shape index (κ1) is 8.93. The Hall–Kier alpha value is -0.650. The van der Waals surface area contributed by atoms with Crippen LogP contribution in [0.3, 0.4) is 0 Å². The van der Waals surface area contributed by atoms with Gasteiger partial charge in [0.2, 0.25) is 0 Å². The van der Waals surface area contributed by atoms with Gasteiger partial charge in [0.15, 0.2) is 0 Å². The summed E-state index contributed by atoms with van der Waals surface area (Å²) in [5, 5.41) is 10.7. The van der Waals surface area contributed by atoms with E-state index in [1.807, 2.05) is 17.0 Å². The van der Waals surface area contributed by atoms with Crippen LogP contribution < -0.4 is 5.73 Å². The van der Waals surface area contributed by atoms with Crippen LogP contribution in [0, 0.1) is 0 Å². The molecular weight excluding hydrogens is 250 g/mol. The van der Waals surface area contributed by atoms with E-state index in [4.69, 9.17) is 5.73 Å². The Morgan fingerprint density at radius 3 is 2.92 bits per heavy atom. The summed E-state index contributed by atoms with van der Waals surface area (Å²) < 4.78 is 1.06. The fourth-order valence-electron chi connectivity index (χ4n) is 1.12. The second-order valence-electron chi connectivity index (χ2n) is 2.68. The van der Waals surface area contributed by atoms with Crippen molar-refractivity contribution in [1.29, 1.82) is 0 Å². The van der Waals surface area contributed by atoms with Crippen molar-refractivity contribution < 1.29 is 0 Å². The van der Waals surface area contributed by atoms with E-state index in [9.17, 15) is 0 Å². The van der Waals surface area contributed by atoms with Gasteiger partial charge in [-0.1, -0.05) is 0 Å². The molecule has 0 aliphatic carbocycles. The Morgan fingerprint density at radius 1 is 1.54 bits per heavy atom. The van der Waals surface area contributed by atoms with Gasteiger partial charge in [-0.25, -0.2) is 0 Å². The maximum Gasteiger partial charge on any atom is 0.0602 e. The van der Waals surface area contributed by atoms with Crippen LogP contribution in [-0.4, -0.2) is 10.2 Å². The van der Waals surface area contributed by atoms with Crippen LogP contribution in [0.25, 0.3) is 0 Å². The Morgan fingerprint density at radius 2 is 2.38 bits per heavy atom. The Balaban J connectivity index is 2.33. The van der Waals surface area contributed by atoms with Gasteiger partial charge in [-0.05, 0) is 26.9 Å². The highest BCUT2D eigenvalue weighted by atomic mass is 79.9. The first-order valence-corrected chi connectivity index (χ1v) is 5.48. The van der Waals surface area contributed by atoms with Crippen molar-refractivity contribution in [2.45, 2.75) is 6.04 Å². The second kappa shape index (κ2) is 3.61. The zero-order chi connectivity index (χ0) is 9.26. The molecule has 13 heavy (non-hydrogen) atoms. The summed E-state index contributed by atoms with van der Waals surface area (Å²) in [6, 6.07) is -0.0978.